The van der Waals surface area contributed by atoms with Crippen LogP contribution in [-0.4, -0.2) is 54.0 Å². The van der Waals surface area contributed by atoms with Gasteiger partial charge in [-0.1, -0.05) is 0 Å². The van der Waals surface area contributed by atoms with Crippen molar-refractivity contribution in [3.05, 3.63) is 80.4 Å². The Labute approximate surface area is 198 Å². The number of esters is 3. The second kappa shape index (κ2) is 10.0. The van der Waals surface area contributed by atoms with Crippen LogP contribution in [0.2, 0.25) is 0 Å². The van der Waals surface area contributed by atoms with Crippen LogP contribution >= 0.6 is 0 Å². The first-order chi connectivity index (χ1) is 16.6. The number of carbonyl (C=O) groups is 4. The minimum Gasteiger partial charge on any atom is -0.465 e. The number of hydrogen-bond donors (Lipinski definition) is 0. The van der Waals surface area contributed by atoms with Crippen molar-refractivity contribution in [2.75, 3.05) is 20.8 Å². The van der Waals surface area contributed by atoms with Crippen molar-refractivity contribution in [2.24, 2.45) is 0 Å². The number of Topliss-reactive ketones (excluding diaryl/α,β-unsaturated/α-hetero) is 1. The van der Waals surface area contributed by atoms with Crippen molar-refractivity contribution in [1.29, 1.82) is 0 Å². The van der Waals surface area contributed by atoms with Gasteiger partial charge < -0.3 is 23.2 Å². The number of aromatic nitrogens is 1. The molecule has 2 aromatic heterocycles. The van der Waals surface area contributed by atoms with Gasteiger partial charge in [0.25, 0.3) is 0 Å². The van der Waals surface area contributed by atoms with Gasteiger partial charge in [-0.05, 0) is 44.2 Å². The third-order valence-corrected chi connectivity index (χ3v) is 5.06. The van der Waals surface area contributed by atoms with E-state index in [9.17, 15) is 29.3 Å². The number of ether oxygens (including phenoxy) is 3. The summed E-state index contributed by atoms with van der Waals surface area (Å²) >= 11 is 0. The van der Waals surface area contributed by atoms with Crippen LogP contribution in [0.1, 0.15) is 53.0 Å². The van der Waals surface area contributed by atoms with Gasteiger partial charge in [0.2, 0.25) is 11.5 Å². The highest BCUT2D eigenvalue weighted by molar-refractivity contribution is 6.00. The Bertz CT molecular complexity index is 1310. The summed E-state index contributed by atoms with van der Waals surface area (Å²) in [6.07, 6.45) is 0. The number of aryl methyl sites for hydroxylation is 1. The SMILES string of the molecule is COC(=O)c1cc(C(=O)OC)cc(-n2c(C)cc(C(=O)COC(=O)c3ccc([N+](=O)[O-])o3)c2C)c1. The van der Waals surface area contributed by atoms with Crippen molar-refractivity contribution in [1.82, 2.24) is 4.57 Å². The lowest BCUT2D eigenvalue weighted by molar-refractivity contribution is -0.402. The van der Waals surface area contributed by atoms with Gasteiger partial charge in [-0.25, -0.2) is 14.4 Å². The van der Waals surface area contributed by atoms with Gasteiger partial charge in [0.05, 0.1) is 31.4 Å². The van der Waals surface area contributed by atoms with Crippen LogP contribution in [0.15, 0.2) is 40.8 Å². The highest BCUT2D eigenvalue weighted by Crippen LogP contribution is 2.24. The number of ketones is 1. The van der Waals surface area contributed by atoms with Gasteiger partial charge in [0, 0.05) is 22.6 Å². The molecule has 0 N–H and O–H groups in total. The number of hydrogen-bond acceptors (Lipinski definition) is 10. The summed E-state index contributed by atoms with van der Waals surface area (Å²) in [5, 5.41) is 10.7. The molecule has 0 spiro atoms. The first kappa shape index (κ1) is 24.9. The molecule has 0 atom stereocenters. The maximum Gasteiger partial charge on any atom is 0.433 e. The minimum atomic E-state index is -1.03. The van der Waals surface area contributed by atoms with Gasteiger partial charge in [0.15, 0.2) is 6.61 Å². The van der Waals surface area contributed by atoms with Crippen LogP contribution in [0.25, 0.3) is 5.69 Å². The highest BCUT2D eigenvalue weighted by Gasteiger charge is 2.23. The molecular weight excluding hydrogens is 464 g/mol. The Hall–Kier alpha value is -4.74. The molecule has 0 bridgehead atoms. The summed E-state index contributed by atoms with van der Waals surface area (Å²) in [5.74, 6) is -3.95. The number of furan rings is 1. The molecule has 0 amide bonds. The number of carbonyl (C=O) groups excluding carboxylic acids is 4. The number of benzene rings is 1. The first-order valence-corrected chi connectivity index (χ1v) is 10.0. The van der Waals surface area contributed by atoms with Crippen molar-refractivity contribution < 1.29 is 42.7 Å². The van der Waals surface area contributed by atoms with Crippen LogP contribution in [0.5, 0.6) is 0 Å². The third kappa shape index (κ3) is 5.11. The topological polar surface area (TPSA) is 157 Å². The van der Waals surface area contributed by atoms with E-state index in [4.69, 9.17) is 18.6 Å². The van der Waals surface area contributed by atoms with Crippen LogP contribution in [0, 0.1) is 24.0 Å². The molecule has 182 valence electrons. The molecule has 2 heterocycles. The molecule has 0 aliphatic heterocycles. The van der Waals surface area contributed by atoms with Gasteiger partial charge in [-0.15, -0.1) is 0 Å². The molecule has 3 rings (SSSR count). The summed E-state index contributed by atoms with van der Waals surface area (Å²) in [4.78, 5) is 59.0. The molecule has 1 aromatic carbocycles. The van der Waals surface area contributed by atoms with E-state index in [1.807, 2.05) is 0 Å². The van der Waals surface area contributed by atoms with Crippen LogP contribution in [-0.2, 0) is 14.2 Å². The average Bonchev–Trinajstić information content (AvgIpc) is 3.46. The van der Waals surface area contributed by atoms with Crippen LogP contribution in [0.3, 0.4) is 0 Å². The summed E-state index contributed by atoms with van der Waals surface area (Å²) < 4.78 is 20.9. The molecule has 12 nitrogen and oxygen atoms in total. The Morgan fingerprint density at radius 1 is 0.943 bits per heavy atom. The Morgan fingerprint density at radius 3 is 2.06 bits per heavy atom. The highest BCUT2D eigenvalue weighted by atomic mass is 16.7. The molecular formula is C23H20N2O10. The Balaban J connectivity index is 1.89. The van der Waals surface area contributed by atoms with Crippen LogP contribution in [0.4, 0.5) is 5.88 Å². The second-order valence-electron chi connectivity index (χ2n) is 7.27. The number of nitro groups is 1. The van der Waals surface area contributed by atoms with E-state index in [0.717, 1.165) is 12.1 Å². The van der Waals surface area contributed by atoms with E-state index >= 15 is 0 Å². The van der Waals surface area contributed by atoms with E-state index in [2.05, 4.69) is 0 Å². The summed E-state index contributed by atoms with van der Waals surface area (Å²) in [7, 11) is 2.41. The van der Waals surface area contributed by atoms with Gasteiger partial charge >= 0.3 is 23.8 Å². The molecule has 0 fully saturated rings. The zero-order chi connectivity index (χ0) is 25.9. The molecule has 3 aromatic rings. The van der Waals surface area contributed by atoms with E-state index in [0.29, 0.717) is 17.1 Å². The molecule has 0 saturated heterocycles. The monoisotopic (exact) mass is 484 g/mol. The fourth-order valence-electron chi connectivity index (χ4n) is 3.47. The summed E-state index contributed by atoms with van der Waals surface area (Å²) in [5.41, 5.74) is 1.89. The fourth-order valence-corrected chi connectivity index (χ4v) is 3.47. The standard InChI is InChI=1S/C23H20N2O10/c1-12-7-17(18(26)11-34-23(29)19-5-6-20(35-19)25(30)31)13(2)24(12)16-9-14(21(27)32-3)8-15(10-16)22(28)33-4/h5-10H,11H2,1-4H3. The lowest BCUT2D eigenvalue weighted by Gasteiger charge is -2.13. The molecule has 35 heavy (non-hydrogen) atoms. The summed E-state index contributed by atoms with van der Waals surface area (Å²) in [6.45, 7) is 2.70. The number of rotatable bonds is 8. The molecule has 0 aliphatic carbocycles. The number of nitrogens with zero attached hydrogens (tertiary/aromatic N) is 2. The predicted molar refractivity (Wildman–Crippen MR) is 118 cm³/mol. The molecule has 0 aliphatic rings. The molecule has 0 saturated carbocycles. The smallest absolute Gasteiger partial charge is 0.433 e. The fraction of sp³-hybridized carbons (Fsp3) is 0.217. The molecule has 12 heteroatoms. The predicted octanol–water partition coefficient (Wildman–Crippen LogP) is 3.21. The van der Waals surface area contributed by atoms with E-state index in [1.165, 1.54) is 32.4 Å². The first-order valence-electron chi connectivity index (χ1n) is 10.0. The Kier molecular flexibility index (Phi) is 7.14. The van der Waals surface area contributed by atoms with Crippen molar-refractivity contribution >= 4 is 29.6 Å². The van der Waals surface area contributed by atoms with Gasteiger partial charge in [-0.3, -0.25) is 14.9 Å². The maximum atomic E-state index is 12.8. The Morgan fingerprint density at radius 2 is 1.54 bits per heavy atom. The quantitative estimate of drug-likeness (QED) is 0.153. The van der Waals surface area contributed by atoms with E-state index in [1.54, 1.807) is 24.5 Å². The van der Waals surface area contributed by atoms with Crippen molar-refractivity contribution in [2.45, 2.75) is 13.8 Å². The maximum absolute atomic E-state index is 12.8. The second-order valence-corrected chi connectivity index (χ2v) is 7.27. The van der Waals surface area contributed by atoms with Gasteiger partial charge in [0.1, 0.15) is 4.92 Å². The zero-order valence-corrected chi connectivity index (χ0v) is 19.1. The van der Waals surface area contributed by atoms with Crippen LogP contribution < -0.4 is 0 Å². The third-order valence-electron chi connectivity index (χ3n) is 5.06. The normalized spacial score (nSPS) is 10.5. The molecule has 0 radical (unpaired) electrons. The zero-order valence-electron chi connectivity index (χ0n) is 19.1. The summed E-state index contributed by atoms with van der Waals surface area (Å²) in [6, 6.07) is 7.96. The van der Waals surface area contributed by atoms with Crippen molar-refractivity contribution in [3.63, 3.8) is 0 Å². The average molecular weight is 484 g/mol. The molecule has 0 unspecified atom stereocenters. The minimum absolute atomic E-state index is 0.104. The largest absolute Gasteiger partial charge is 0.465 e. The van der Waals surface area contributed by atoms with Crippen molar-refractivity contribution in [3.8, 4) is 5.69 Å². The lowest BCUT2D eigenvalue weighted by Crippen LogP contribution is -2.15. The van der Waals surface area contributed by atoms with Gasteiger partial charge in [-0.2, -0.15) is 0 Å². The van der Waals surface area contributed by atoms with E-state index < -0.39 is 46.9 Å². The number of methoxy groups -OCH3 is 2. The van der Waals surface area contributed by atoms with E-state index in [-0.39, 0.29) is 16.7 Å². The lowest BCUT2D eigenvalue weighted by atomic mass is 10.1.